The molecule has 0 fully saturated rings. The number of nitrogens with zero attached hydrogens (tertiary/aromatic N) is 1. The van der Waals surface area contributed by atoms with Crippen molar-refractivity contribution in [3.05, 3.63) is 17.5 Å². The van der Waals surface area contributed by atoms with Crippen LogP contribution in [0.3, 0.4) is 0 Å². The third kappa shape index (κ3) is 1.34. The number of amides is 1. The maximum Gasteiger partial charge on any atom is 0.207 e. The molecule has 1 rings (SSSR count). The molecule has 0 spiro atoms. The van der Waals surface area contributed by atoms with Crippen LogP contribution in [0.15, 0.2) is 6.20 Å². The van der Waals surface area contributed by atoms with E-state index in [1.165, 1.54) is 0 Å². The zero-order valence-electron chi connectivity index (χ0n) is 5.72. The maximum absolute atomic E-state index is 9.87. The van der Waals surface area contributed by atoms with Crippen LogP contribution < -0.4 is 5.32 Å². The van der Waals surface area contributed by atoms with Gasteiger partial charge in [-0.05, 0) is 6.92 Å². The van der Waals surface area contributed by atoms with Crippen LogP contribution in [0.4, 0.5) is 0 Å². The molecule has 0 aromatic carbocycles. The van der Waals surface area contributed by atoms with Crippen molar-refractivity contribution in [2.45, 2.75) is 13.5 Å². The number of hydrogen-bond acceptors (Lipinski definition) is 2. The van der Waals surface area contributed by atoms with Crippen molar-refractivity contribution in [1.82, 2.24) is 15.5 Å². The SMILES string of the molecule is Cc1[nH]ncc1CNC=O. The van der Waals surface area contributed by atoms with Gasteiger partial charge in [0.15, 0.2) is 0 Å². The van der Waals surface area contributed by atoms with E-state index < -0.39 is 0 Å². The lowest BCUT2D eigenvalue weighted by molar-refractivity contribution is -0.109. The van der Waals surface area contributed by atoms with Crippen LogP contribution in [-0.4, -0.2) is 16.6 Å². The van der Waals surface area contributed by atoms with Crippen LogP contribution in [-0.2, 0) is 11.3 Å². The number of hydrogen-bond donors (Lipinski definition) is 2. The number of aromatic nitrogens is 2. The van der Waals surface area contributed by atoms with Crippen molar-refractivity contribution in [2.24, 2.45) is 0 Å². The summed E-state index contributed by atoms with van der Waals surface area (Å²) in [6.07, 6.45) is 2.37. The van der Waals surface area contributed by atoms with Gasteiger partial charge in [-0.15, -0.1) is 0 Å². The Morgan fingerprint density at radius 1 is 1.90 bits per heavy atom. The summed E-state index contributed by atoms with van der Waals surface area (Å²) in [5.74, 6) is 0. The van der Waals surface area contributed by atoms with E-state index in [1.807, 2.05) is 6.92 Å². The summed E-state index contributed by atoms with van der Waals surface area (Å²) in [6, 6.07) is 0. The molecule has 1 heterocycles. The van der Waals surface area contributed by atoms with Crippen LogP contribution in [0.25, 0.3) is 0 Å². The summed E-state index contributed by atoms with van der Waals surface area (Å²) in [5, 5.41) is 9.12. The Morgan fingerprint density at radius 3 is 3.20 bits per heavy atom. The van der Waals surface area contributed by atoms with Crippen LogP contribution in [0.2, 0.25) is 0 Å². The molecule has 0 aliphatic rings. The van der Waals surface area contributed by atoms with E-state index in [-0.39, 0.29) is 0 Å². The van der Waals surface area contributed by atoms with E-state index >= 15 is 0 Å². The van der Waals surface area contributed by atoms with Crippen molar-refractivity contribution in [2.75, 3.05) is 0 Å². The van der Waals surface area contributed by atoms with Crippen LogP contribution in [0, 0.1) is 6.92 Å². The fourth-order valence-electron chi connectivity index (χ4n) is 0.705. The fraction of sp³-hybridized carbons (Fsp3) is 0.333. The largest absolute Gasteiger partial charge is 0.354 e. The molecule has 0 radical (unpaired) electrons. The molecule has 0 atom stereocenters. The Labute approximate surface area is 58.6 Å². The summed E-state index contributed by atoms with van der Waals surface area (Å²) < 4.78 is 0. The molecule has 0 aliphatic carbocycles. The number of rotatable bonds is 3. The second-order valence-electron chi connectivity index (χ2n) is 2.02. The maximum atomic E-state index is 9.87. The predicted molar refractivity (Wildman–Crippen MR) is 36.2 cm³/mol. The molecule has 0 saturated carbocycles. The monoisotopic (exact) mass is 139 g/mol. The molecule has 4 nitrogen and oxygen atoms in total. The summed E-state index contributed by atoms with van der Waals surface area (Å²) >= 11 is 0. The molecule has 54 valence electrons. The number of H-pyrrole nitrogens is 1. The van der Waals surface area contributed by atoms with Gasteiger partial charge in [0, 0.05) is 17.8 Å². The molecular weight excluding hydrogens is 130 g/mol. The topological polar surface area (TPSA) is 57.8 Å². The molecular formula is C6H9N3O. The smallest absolute Gasteiger partial charge is 0.207 e. The first-order valence-electron chi connectivity index (χ1n) is 3.00. The molecule has 0 unspecified atom stereocenters. The van der Waals surface area contributed by atoms with Gasteiger partial charge in [0.05, 0.1) is 6.20 Å². The van der Waals surface area contributed by atoms with Crippen molar-refractivity contribution < 1.29 is 4.79 Å². The summed E-state index contributed by atoms with van der Waals surface area (Å²) in [4.78, 5) is 9.87. The number of aromatic amines is 1. The normalized spacial score (nSPS) is 9.30. The van der Waals surface area contributed by atoms with Gasteiger partial charge in [-0.1, -0.05) is 0 Å². The zero-order chi connectivity index (χ0) is 7.40. The minimum atomic E-state index is 0.547. The van der Waals surface area contributed by atoms with E-state index in [2.05, 4.69) is 15.5 Å². The molecule has 1 aromatic rings. The Hall–Kier alpha value is -1.32. The summed E-state index contributed by atoms with van der Waals surface area (Å²) in [7, 11) is 0. The Morgan fingerprint density at radius 2 is 2.70 bits per heavy atom. The second kappa shape index (κ2) is 3.00. The third-order valence-corrected chi connectivity index (χ3v) is 1.31. The van der Waals surface area contributed by atoms with Crippen molar-refractivity contribution in [3.8, 4) is 0 Å². The molecule has 0 saturated heterocycles. The van der Waals surface area contributed by atoms with E-state index in [1.54, 1.807) is 6.20 Å². The molecule has 1 aromatic heterocycles. The van der Waals surface area contributed by atoms with E-state index in [9.17, 15) is 4.79 Å². The fourth-order valence-corrected chi connectivity index (χ4v) is 0.705. The van der Waals surface area contributed by atoms with Gasteiger partial charge in [0.25, 0.3) is 0 Å². The lowest BCUT2D eigenvalue weighted by Gasteiger charge is -1.94. The van der Waals surface area contributed by atoms with Gasteiger partial charge >= 0.3 is 0 Å². The lowest BCUT2D eigenvalue weighted by atomic mass is 10.3. The molecule has 2 N–H and O–H groups in total. The first-order chi connectivity index (χ1) is 4.84. The quantitative estimate of drug-likeness (QED) is 0.577. The number of nitrogens with one attached hydrogen (secondary N) is 2. The molecule has 0 bridgehead atoms. The van der Waals surface area contributed by atoms with Crippen molar-refractivity contribution >= 4 is 6.41 Å². The highest BCUT2D eigenvalue weighted by Gasteiger charge is 1.96. The summed E-state index contributed by atoms with van der Waals surface area (Å²) in [5.41, 5.74) is 2.02. The first-order valence-corrected chi connectivity index (χ1v) is 3.00. The molecule has 4 heteroatoms. The van der Waals surface area contributed by atoms with Crippen LogP contribution >= 0.6 is 0 Å². The van der Waals surface area contributed by atoms with Crippen LogP contribution in [0.5, 0.6) is 0 Å². The number of aryl methyl sites for hydroxylation is 1. The lowest BCUT2D eigenvalue weighted by Crippen LogP contribution is -2.09. The van der Waals surface area contributed by atoms with Gasteiger partial charge in [-0.2, -0.15) is 5.10 Å². The highest BCUT2D eigenvalue weighted by molar-refractivity contribution is 5.46. The molecule has 1 amide bonds. The minimum Gasteiger partial charge on any atom is -0.354 e. The Balaban J connectivity index is 2.56. The summed E-state index contributed by atoms with van der Waals surface area (Å²) in [6.45, 7) is 2.46. The highest BCUT2D eigenvalue weighted by atomic mass is 16.1. The zero-order valence-corrected chi connectivity index (χ0v) is 5.72. The van der Waals surface area contributed by atoms with E-state index in [0.29, 0.717) is 13.0 Å². The molecule has 10 heavy (non-hydrogen) atoms. The Bertz CT molecular complexity index is 219. The second-order valence-corrected chi connectivity index (χ2v) is 2.02. The number of carbonyl (C=O) groups excluding carboxylic acids is 1. The standard InChI is InChI=1S/C6H9N3O/c1-5-6(2-7-4-10)3-8-9-5/h3-4H,2H2,1H3,(H,7,10)(H,8,9). The van der Waals surface area contributed by atoms with Gasteiger partial charge in [0.1, 0.15) is 0 Å². The Kier molecular flexibility index (Phi) is 2.04. The molecule has 0 aliphatic heterocycles. The van der Waals surface area contributed by atoms with Gasteiger partial charge in [0.2, 0.25) is 6.41 Å². The predicted octanol–water partition coefficient (Wildman–Crippen LogP) is -0.0359. The number of carbonyl (C=O) groups is 1. The average Bonchev–Trinajstić information content (AvgIpc) is 2.31. The van der Waals surface area contributed by atoms with E-state index in [0.717, 1.165) is 11.3 Å². The van der Waals surface area contributed by atoms with Crippen LogP contribution in [0.1, 0.15) is 11.3 Å². The highest BCUT2D eigenvalue weighted by Crippen LogP contribution is 1.99. The van der Waals surface area contributed by atoms with Gasteiger partial charge < -0.3 is 5.32 Å². The van der Waals surface area contributed by atoms with E-state index in [4.69, 9.17) is 0 Å². The minimum absolute atomic E-state index is 0.547. The van der Waals surface area contributed by atoms with Crippen molar-refractivity contribution in [3.63, 3.8) is 0 Å². The first kappa shape index (κ1) is 6.80. The third-order valence-electron chi connectivity index (χ3n) is 1.31. The van der Waals surface area contributed by atoms with Gasteiger partial charge in [-0.3, -0.25) is 9.89 Å². The average molecular weight is 139 g/mol. The van der Waals surface area contributed by atoms with Crippen molar-refractivity contribution in [1.29, 1.82) is 0 Å². The van der Waals surface area contributed by atoms with Gasteiger partial charge in [-0.25, -0.2) is 0 Å².